The molecule has 33 heavy (non-hydrogen) atoms. The summed E-state index contributed by atoms with van der Waals surface area (Å²) in [6.07, 6.45) is 1.82. The number of amidine groups is 1. The molecule has 1 fully saturated rings. The van der Waals surface area contributed by atoms with Gasteiger partial charge in [-0.3, -0.25) is 4.79 Å². The smallest absolute Gasteiger partial charge is 0.264 e. The molecule has 1 N–H and O–H groups in total. The number of ether oxygens (including phenoxy) is 2. The van der Waals surface area contributed by atoms with Crippen LogP contribution < -0.4 is 14.8 Å². The summed E-state index contributed by atoms with van der Waals surface area (Å²) >= 11 is 8.24. The van der Waals surface area contributed by atoms with Gasteiger partial charge in [0.15, 0.2) is 5.17 Å². The Labute approximate surface area is 213 Å². The lowest BCUT2D eigenvalue weighted by Gasteiger charge is -2.10. The predicted molar refractivity (Wildman–Crippen MR) is 141 cm³/mol. The molecule has 3 aromatic carbocycles. The summed E-state index contributed by atoms with van der Waals surface area (Å²) in [6, 6.07) is 21.1. The zero-order valence-electron chi connectivity index (χ0n) is 17.7. The zero-order valence-corrected chi connectivity index (χ0v) is 21.7. The Morgan fingerprint density at radius 1 is 0.970 bits per heavy atom. The van der Waals surface area contributed by atoms with Crippen LogP contribution in [0.1, 0.15) is 18.1 Å². The summed E-state index contributed by atoms with van der Waals surface area (Å²) < 4.78 is 13.4. The van der Waals surface area contributed by atoms with Crippen molar-refractivity contribution in [3.63, 3.8) is 0 Å². The van der Waals surface area contributed by atoms with E-state index in [4.69, 9.17) is 9.47 Å². The first-order chi connectivity index (χ1) is 16.0. The average Bonchev–Trinajstić information content (AvgIpc) is 3.14. The van der Waals surface area contributed by atoms with Gasteiger partial charge in [-0.2, -0.15) is 0 Å². The van der Waals surface area contributed by atoms with E-state index in [-0.39, 0.29) is 5.91 Å². The number of carbonyl (C=O) groups is 1. The van der Waals surface area contributed by atoms with E-state index in [2.05, 4.69) is 42.2 Å². The first kappa shape index (κ1) is 23.6. The van der Waals surface area contributed by atoms with Gasteiger partial charge in [0.05, 0.1) is 17.2 Å². The molecule has 1 amide bonds. The van der Waals surface area contributed by atoms with Crippen LogP contribution in [0.2, 0.25) is 0 Å². The van der Waals surface area contributed by atoms with Gasteiger partial charge < -0.3 is 14.8 Å². The molecule has 0 unspecified atom stereocenters. The van der Waals surface area contributed by atoms with Crippen molar-refractivity contribution in [3.8, 4) is 11.5 Å². The number of nitrogens with one attached hydrogen (secondary N) is 1. The first-order valence-corrected chi connectivity index (χ1v) is 12.6. The standard InChI is InChI=1S/C25H20Br2N2O3S/c1-2-31-21-10-8-20(9-11-21)28-25-29-24(30)23(33-25)14-17-13-19(27)7-12-22(17)32-15-16-3-5-18(26)6-4-16/h3-14H,2,15H2,1H3,(H,28,29,30)/b23-14+. The molecular weight excluding hydrogens is 568 g/mol. The Bertz CT molecular complexity index is 1210. The van der Waals surface area contributed by atoms with Crippen LogP contribution >= 0.6 is 43.6 Å². The number of nitrogens with zero attached hydrogens (tertiary/aromatic N) is 1. The van der Waals surface area contributed by atoms with Crippen LogP contribution in [0.3, 0.4) is 0 Å². The third-order valence-corrected chi connectivity index (χ3v) is 6.53. The van der Waals surface area contributed by atoms with Gasteiger partial charge in [0, 0.05) is 14.5 Å². The van der Waals surface area contributed by atoms with E-state index in [0.717, 1.165) is 31.5 Å². The molecule has 1 saturated heterocycles. The van der Waals surface area contributed by atoms with Crippen LogP contribution in [-0.2, 0) is 11.4 Å². The number of rotatable bonds is 7. The molecule has 0 bridgehead atoms. The molecule has 0 spiro atoms. The maximum absolute atomic E-state index is 12.6. The van der Waals surface area contributed by atoms with E-state index in [0.29, 0.717) is 29.0 Å². The minimum Gasteiger partial charge on any atom is -0.494 e. The van der Waals surface area contributed by atoms with Crippen LogP contribution in [0.15, 0.2) is 85.6 Å². The van der Waals surface area contributed by atoms with Crippen LogP contribution in [0, 0.1) is 0 Å². The van der Waals surface area contributed by atoms with Crippen molar-refractivity contribution >= 4 is 66.5 Å². The van der Waals surface area contributed by atoms with E-state index < -0.39 is 0 Å². The molecule has 3 aromatic rings. The summed E-state index contributed by atoms with van der Waals surface area (Å²) in [5.74, 6) is 1.29. The van der Waals surface area contributed by atoms with Crippen LogP contribution in [0.4, 0.5) is 5.69 Å². The molecular formula is C25H20Br2N2O3S. The second-order valence-electron chi connectivity index (χ2n) is 7.01. The lowest BCUT2D eigenvalue weighted by molar-refractivity contribution is -0.115. The third-order valence-electron chi connectivity index (χ3n) is 4.60. The van der Waals surface area contributed by atoms with E-state index in [9.17, 15) is 4.79 Å². The summed E-state index contributed by atoms with van der Waals surface area (Å²) in [5, 5.41) is 3.36. The van der Waals surface area contributed by atoms with Crippen molar-refractivity contribution in [2.45, 2.75) is 13.5 Å². The number of benzene rings is 3. The normalized spacial score (nSPS) is 15.7. The fourth-order valence-corrected chi connectivity index (χ4v) is 4.50. The van der Waals surface area contributed by atoms with E-state index >= 15 is 0 Å². The Hall–Kier alpha value is -2.55. The molecule has 0 saturated carbocycles. The van der Waals surface area contributed by atoms with Gasteiger partial charge in [-0.1, -0.05) is 44.0 Å². The highest BCUT2D eigenvalue weighted by Crippen LogP contribution is 2.32. The van der Waals surface area contributed by atoms with Crippen molar-refractivity contribution in [2.75, 3.05) is 6.61 Å². The molecule has 1 heterocycles. The van der Waals surface area contributed by atoms with Gasteiger partial charge in [0.2, 0.25) is 0 Å². The van der Waals surface area contributed by atoms with Crippen molar-refractivity contribution in [3.05, 3.63) is 91.7 Å². The topological polar surface area (TPSA) is 59.9 Å². The van der Waals surface area contributed by atoms with Gasteiger partial charge in [-0.25, -0.2) is 4.99 Å². The van der Waals surface area contributed by atoms with E-state index in [1.807, 2.05) is 79.7 Å². The lowest BCUT2D eigenvalue weighted by Crippen LogP contribution is -2.19. The molecule has 5 nitrogen and oxygen atoms in total. The van der Waals surface area contributed by atoms with Crippen LogP contribution in [-0.4, -0.2) is 17.7 Å². The summed E-state index contributed by atoms with van der Waals surface area (Å²) in [6.45, 7) is 2.97. The minimum absolute atomic E-state index is 0.191. The summed E-state index contributed by atoms with van der Waals surface area (Å²) in [7, 11) is 0. The number of amides is 1. The molecule has 4 rings (SSSR count). The van der Waals surface area contributed by atoms with Crippen molar-refractivity contribution < 1.29 is 14.3 Å². The van der Waals surface area contributed by atoms with E-state index in [1.54, 1.807) is 0 Å². The third kappa shape index (κ3) is 6.50. The van der Waals surface area contributed by atoms with Gasteiger partial charge in [-0.15, -0.1) is 0 Å². The van der Waals surface area contributed by atoms with Gasteiger partial charge in [-0.05, 0) is 84.9 Å². The van der Waals surface area contributed by atoms with Gasteiger partial charge in [0.1, 0.15) is 18.1 Å². The highest BCUT2D eigenvalue weighted by molar-refractivity contribution is 9.10. The fraction of sp³-hybridized carbons (Fsp3) is 0.120. The molecule has 1 aliphatic rings. The SMILES string of the molecule is CCOc1ccc(N=C2NC(=O)/C(=C\c3cc(Br)ccc3OCc3ccc(Br)cc3)S2)cc1. The van der Waals surface area contributed by atoms with Crippen molar-refractivity contribution in [2.24, 2.45) is 4.99 Å². The monoisotopic (exact) mass is 586 g/mol. The van der Waals surface area contributed by atoms with Gasteiger partial charge in [0.25, 0.3) is 5.91 Å². The molecule has 0 atom stereocenters. The van der Waals surface area contributed by atoms with Gasteiger partial charge >= 0.3 is 0 Å². The van der Waals surface area contributed by atoms with Crippen LogP contribution in [0.5, 0.6) is 11.5 Å². The predicted octanol–water partition coefficient (Wildman–Crippen LogP) is 7.08. The average molecular weight is 588 g/mol. The quantitative estimate of drug-likeness (QED) is 0.300. The highest BCUT2D eigenvalue weighted by atomic mass is 79.9. The number of carbonyl (C=O) groups excluding carboxylic acids is 1. The Morgan fingerprint density at radius 3 is 2.42 bits per heavy atom. The Kier molecular flexibility index (Phi) is 7.90. The maximum atomic E-state index is 12.6. The van der Waals surface area contributed by atoms with E-state index in [1.165, 1.54) is 11.8 Å². The fourth-order valence-electron chi connectivity index (χ4n) is 3.03. The molecule has 168 valence electrons. The number of aliphatic imine (C=N–C) groups is 1. The lowest BCUT2D eigenvalue weighted by atomic mass is 10.2. The Balaban J connectivity index is 1.51. The number of halogens is 2. The molecule has 0 radical (unpaired) electrons. The van der Waals surface area contributed by atoms with Crippen molar-refractivity contribution in [1.29, 1.82) is 0 Å². The molecule has 1 aliphatic heterocycles. The molecule has 0 aromatic heterocycles. The van der Waals surface area contributed by atoms with Crippen molar-refractivity contribution in [1.82, 2.24) is 5.32 Å². The second kappa shape index (κ2) is 11.0. The Morgan fingerprint density at radius 2 is 1.70 bits per heavy atom. The minimum atomic E-state index is -0.191. The largest absolute Gasteiger partial charge is 0.494 e. The second-order valence-corrected chi connectivity index (χ2v) is 9.87. The number of thioether (sulfide) groups is 1. The maximum Gasteiger partial charge on any atom is 0.264 e. The summed E-state index contributed by atoms with van der Waals surface area (Å²) in [5.41, 5.74) is 2.60. The summed E-state index contributed by atoms with van der Waals surface area (Å²) in [4.78, 5) is 17.6. The molecule has 0 aliphatic carbocycles. The highest BCUT2D eigenvalue weighted by Gasteiger charge is 2.24. The van der Waals surface area contributed by atoms with Crippen LogP contribution in [0.25, 0.3) is 6.08 Å². The number of hydrogen-bond donors (Lipinski definition) is 1. The zero-order chi connectivity index (χ0) is 23.2. The first-order valence-electron chi connectivity index (χ1n) is 10.2. The number of hydrogen-bond acceptors (Lipinski definition) is 5. The molecule has 8 heteroatoms.